The second-order valence-electron chi connectivity index (χ2n) is 7.06. The molecule has 4 rings (SSSR count). The van der Waals surface area contributed by atoms with Crippen LogP contribution in [-0.2, 0) is 23.6 Å². The molecule has 0 bridgehead atoms. The second-order valence-corrected chi connectivity index (χ2v) is 7.06. The number of methoxy groups -OCH3 is 1. The van der Waals surface area contributed by atoms with Crippen molar-refractivity contribution in [2.24, 2.45) is 20.0 Å². The molecule has 0 aromatic carbocycles. The van der Waals surface area contributed by atoms with E-state index in [1.807, 2.05) is 12.2 Å². The van der Waals surface area contributed by atoms with Crippen molar-refractivity contribution in [3.63, 3.8) is 0 Å². The van der Waals surface area contributed by atoms with Crippen molar-refractivity contribution in [1.29, 1.82) is 5.41 Å². The van der Waals surface area contributed by atoms with Gasteiger partial charge in [0.25, 0.3) is 5.56 Å². The summed E-state index contributed by atoms with van der Waals surface area (Å²) in [6, 6.07) is 0.0440. The van der Waals surface area contributed by atoms with Gasteiger partial charge in [-0.3, -0.25) is 24.0 Å². The Morgan fingerprint density at radius 2 is 2.24 bits per heavy atom. The summed E-state index contributed by atoms with van der Waals surface area (Å²) in [5.41, 5.74) is -0.919. The van der Waals surface area contributed by atoms with Gasteiger partial charge in [-0.2, -0.15) is 4.98 Å². The average Bonchev–Trinajstić information content (AvgIpc) is 3.28. The molecule has 3 N–H and O–H groups in total. The maximum absolute atomic E-state index is 12.3. The monoisotopic (exact) mass is 402 g/mol. The van der Waals surface area contributed by atoms with Crippen LogP contribution in [0.3, 0.4) is 0 Å². The molecule has 11 nitrogen and oxygen atoms in total. The molecule has 1 amide bonds. The lowest BCUT2D eigenvalue weighted by Crippen LogP contribution is -2.41. The molecular weight excluding hydrogens is 380 g/mol. The van der Waals surface area contributed by atoms with Crippen molar-refractivity contribution >= 4 is 36.0 Å². The van der Waals surface area contributed by atoms with Gasteiger partial charge in [0.2, 0.25) is 5.91 Å². The molecule has 0 saturated heterocycles. The second kappa shape index (κ2) is 6.55. The van der Waals surface area contributed by atoms with E-state index < -0.39 is 17.2 Å². The van der Waals surface area contributed by atoms with Crippen LogP contribution < -0.4 is 32.6 Å². The highest BCUT2D eigenvalue weighted by molar-refractivity contribution is 5.93. The van der Waals surface area contributed by atoms with Gasteiger partial charge in [0, 0.05) is 34.8 Å². The Morgan fingerprint density at radius 1 is 1.48 bits per heavy atom. The Labute approximate surface area is 165 Å². The van der Waals surface area contributed by atoms with Crippen LogP contribution in [0.25, 0.3) is 12.2 Å². The average molecular weight is 402 g/mol. The van der Waals surface area contributed by atoms with E-state index in [4.69, 9.17) is 14.6 Å². The first-order chi connectivity index (χ1) is 13.8. The third-order valence-electron chi connectivity index (χ3n) is 5.32. The summed E-state index contributed by atoms with van der Waals surface area (Å²) >= 11 is 0. The number of hydrogen-bond donors (Lipinski definition) is 3. The molecule has 0 aliphatic heterocycles. The van der Waals surface area contributed by atoms with Gasteiger partial charge in [-0.25, -0.2) is 4.79 Å². The summed E-state index contributed by atoms with van der Waals surface area (Å²) in [4.78, 5) is 40.8. The van der Waals surface area contributed by atoms with E-state index in [2.05, 4.69) is 15.6 Å². The molecule has 0 radical (unpaired) electrons. The Bertz CT molecular complexity index is 1280. The molecule has 29 heavy (non-hydrogen) atoms. The molecule has 2 unspecified atom stereocenters. The SMILES string of the molecule is COC12C=c3oc(NC(=O)CNc4c(C=N)n(C)c(=O)n(C)c4=O)nc3=CC1C2.[HH]. The van der Waals surface area contributed by atoms with Gasteiger partial charge in [0.05, 0.1) is 17.8 Å². The van der Waals surface area contributed by atoms with Crippen LogP contribution in [0.1, 0.15) is 13.5 Å². The molecule has 2 aliphatic rings. The quantitative estimate of drug-likeness (QED) is 0.491. The summed E-state index contributed by atoms with van der Waals surface area (Å²) in [5.74, 6) is -0.238. The fraction of sp³-hybridized carbons (Fsp3) is 0.389. The number of oxazole rings is 1. The zero-order valence-electron chi connectivity index (χ0n) is 16.1. The van der Waals surface area contributed by atoms with E-state index in [1.165, 1.54) is 14.1 Å². The highest BCUT2D eigenvalue weighted by Crippen LogP contribution is 2.49. The molecular formula is C18H22N6O5. The van der Waals surface area contributed by atoms with Gasteiger partial charge >= 0.3 is 11.7 Å². The standard InChI is InChI=1S/C18H20N6O5.H2/c1-23-11(7-19)14(15(26)24(2)17(23)27)20-8-13(25)22-16-21-10-4-9-5-18(9,28-3)6-12(10)29-16;/h4,6-7,9,19-20H,5,8H2,1-3H3,(H,21,22,25);1H. The number of hydrogen-bond acceptors (Lipinski definition) is 8. The summed E-state index contributed by atoms with van der Waals surface area (Å²) in [5, 5.41) is 13.3. The van der Waals surface area contributed by atoms with Crippen LogP contribution >= 0.6 is 0 Å². The van der Waals surface area contributed by atoms with Gasteiger partial charge in [-0.05, 0) is 18.6 Å². The summed E-state index contributed by atoms with van der Waals surface area (Å²) in [6.07, 6.45) is 5.60. The first kappa shape index (κ1) is 18.9. The van der Waals surface area contributed by atoms with Crippen molar-refractivity contribution in [2.45, 2.75) is 12.0 Å². The minimum atomic E-state index is -0.626. The van der Waals surface area contributed by atoms with E-state index in [0.717, 1.165) is 21.8 Å². The van der Waals surface area contributed by atoms with Crippen molar-refractivity contribution in [3.05, 3.63) is 37.3 Å². The van der Waals surface area contributed by atoms with E-state index in [-0.39, 0.29) is 36.9 Å². The van der Waals surface area contributed by atoms with Crippen LogP contribution in [0.4, 0.5) is 11.7 Å². The van der Waals surface area contributed by atoms with Crippen molar-refractivity contribution < 1.29 is 15.4 Å². The van der Waals surface area contributed by atoms with E-state index >= 15 is 0 Å². The minimum absolute atomic E-state index is 0. The number of nitrogens with one attached hydrogen (secondary N) is 3. The van der Waals surface area contributed by atoms with Crippen LogP contribution in [0.5, 0.6) is 0 Å². The molecule has 0 spiro atoms. The highest BCUT2D eigenvalue weighted by atomic mass is 16.5. The molecule has 2 heterocycles. The number of fused-ring (bicyclic) bond motifs is 2. The van der Waals surface area contributed by atoms with Gasteiger partial charge < -0.3 is 19.9 Å². The smallest absolute Gasteiger partial charge is 0.331 e. The first-order valence-electron chi connectivity index (χ1n) is 8.90. The molecule has 2 atom stereocenters. The van der Waals surface area contributed by atoms with Crippen molar-refractivity contribution in [3.8, 4) is 0 Å². The third-order valence-corrected chi connectivity index (χ3v) is 5.32. The lowest BCUT2D eigenvalue weighted by molar-refractivity contribution is -0.114. The highest BCUT2D eigenvalue weighted by Gasteiger charge is 2.53. The van der Waals surface area contributed by atoms with Crippen LogP contribution in [-0.4, -0.2) is 45.5 Å². The number of amides is 1. The van der Waals surface area contributed by atoms with Gasteiger partial charge in [-0.15, -0.1) is 0 Å². The maximum Gasteiger partial charge on any atom is 0.331 e. The molecule has 1 fully saturated rings. The molecule has 154 valence electrons. The van der Waals surface area contributed by atoms with E-state index in [0.29, 0.717) is 10.8 Å². The zero-order valence-corrected chi connectivity index (χ0v) is 16.1. The van der Waals surface area contributed by atoms with Gasteiger partial charge in [-0.1, -0.05) is 0 Å². The third kappa shape index (κ3) is 2.99. The normalized spacial score (nSPS) is 21.3. The summed E-state index contributed by atoms with van der Waals surface area (Å²) < 4.78 is 13.1. The van der Waals surface area contributed by atoms with Gasteiger partial charge in [0.1, 0.15) is 11.0 Å². The Morgan fingerprint density at radius 3 is 2.93 bits per heavy atom. The van der Waals surface area contributed by atoms with Crippen molar-refractivity contribution in [2.75, 3.05) is 24.3 Å². The molecule has 2 aromatic rings. The van der Waals surface area contributed by atoms with Crippen molar-refractivity contribution in [1.82, 2.24) is 14.1 Å². The largest absolute Gasteiger partial charge is 0.424 e. The lowest BCUT2D eigenvalue weighted by Gasteiger charge is -2.13. The number of aromatic nitrogens is 3. The topological polar surface area (TPSA) is 144 Å². The van der Waals surface area contributed by atoms with E-state index in [9.17, 15) is 14.4 Å². The Balaban J connectivity index is 0.00000256. The predicted molar refractivity (Wildman–Crippen MR) is 107 cm³/mol. The van der Waals surface area contributed by atoms with Crippen LogP contribution in [0.15, 0.2) is 14.0 Å². The van der Waals surface area contributed by atoms with E-state index in [1.54, 1.807) is 7.11 Å². The maximum atomic E-state index is 12.3. The fourth-order valence-corrected chi connectivity index (χ4v) is 3.50. The van der Waals surface area contributed by atoms with Gasteiger partial charge in [0.15, 0.2) is 5.42 Å². The first-order valence-corrected chi connectivity index (χ1v) is 8.90. The fourth-order valence-electron chi connectivity index (χ4n) is 3.50. The number of anilines is 2. The minimum Gasteiger partial charge on any atom is -0.424 e. The molecule has 2 aliphatic carbocycles. The number of nitrogens with zero attached hydrogens (tertiary/aromatic N) is 3. The summed E-state index contributed by atoms with van der Waals surface area (Å²) in [6.45, 7) is -0.278. The predicted octanol–water partition coefficient (Wildman–Crippen LogP) is -1.65. The molecule has 1 saturated carbocycles. The Kier molecular flexibility index (Phi) is 4.26. The number of carbonyl (C=O) groups excluding carboxylic acids is 1. The number of ether oxygens (including phenoxy) is 1. The molecule has 11 heteroatoms. The zero-order chi connectivity index (χ0) is 20.9. The van der Waals surface area contributed by atoms with Crippen LogP contribution in [0.2, 0.25) is 0 Å². The van der Waals surface area contributed by atoms with Crippen LogP contribution in [0, 0.1) is 11.3 Å². The number of rotatable bonds is 6. The Hall–Kier alpha value is -3.47. The number of carbonyl (C=O) groups is 1. The molecule has 2 aromatic heterocycles. The lowest BCUT2D eigenvalue weighted by atomic mass is 10.1. The summed E-state index contributed by atoms with van der Waals surface area (Å²) in [7, 11) is 4.41.